The lowest BCUT2D eigenvalue weighted by Gasteiger charge is -2.40. The zero-order chi connectivity index (χ0) is 26.9. The minimum atomic E-state index is -1.07. The fourth-order valence-corrected chi connectivity index (χ4v) is 4.24. The van der Waals surface area contributed by atoms with Crippen LogP contribution in [0.2, 0.25) is 0 Å². The summed E-state index contributed by atoms with van der Waals surface area (Å²) in [4.78, 5) is 54.0. The third-order valence-corrected chi connectivity index (χ3v) is 6.50. The highest BCUT2D eigenvalue weighted by atomic mass is 16.4. The van der Waals surface area contributed by atoms with E-state index >= 15 is 0 Å². The smallest absolute Gasteiger partial charge is 0.326 e. The van der Waals surface area contributed by atoms with Crippen LogP contribution in [0.3, 0.4) is 0 Å². The molecule has 0 aromatic heterocycles. The third-order valence-electron chi connectivity index (χ3n) is 6.50. The summed E-state index contributed by atoms with van der Waals surface area (Å²) in [6.07, 6.45) is 5.40. The van der Waals surface area contributed by atoms with E-state index in [0.29, 0.717) is 18.4 Å². The summed E-state index contributed by atoms with van der Waals surface area (Å²) >= 11 is 0. The topological polar surface area (TPSA) is 119 Å². The van der Waals surface area contributed by atoms with E-state index in [1.807, 2.05) is 27.7 Å². The molecule has 1 saturated heterocycles. The number of amides is 3. The molecule has 0 saturated carbocycles. The minimum Gasteiger partial charge on any atom is -0.480 e. The van der Waals surface area contributed by atoms with Crippen molar-refractivity contribution in [3.8, 4) is 0 Å². The Morgan fingerprint density at radius 3 is 2.29 bits per heavy atom. The first-order valence-electron chi connectivity index (χ1n) is 12.7. The van der Waals surface area contributed by atoms with Gasteiger partial charge in [-0.25, -0.2) is 4.79 Å². The molecule has 200 valence electrons. The molecule has 0 aliphatic carbocycles. The van der Waals surface area contributed by atoms with E-state index in [1.54, 1.807) is 20.0 Å². The van der Waals surface area contributed by atoms with E-state index in [1.165, 1.54) is 4.90 Å². The number of hydrogen-bond donors (Lipinski definition) is 3. The number of carbonyl (C=O) groups excluding carboxylic acids is 3. The van der Waals surface area contributed by atoms with E-state index in [9.17, 15) is 24.3 Å². The summed E-state index contributed by atoms with van der Waals surface area (Å²) in [6, 6.07) is -1.67. The summed E-state index contributed by atoms with van der Waals surface area (Å²) in [7, 11) is 1.63. The normalized spacial score (nSPS) is 19.1. The summed E-state index contributed by atoms with van der Waals surface area (Å²) < 4.78 is 0. The molecule has 1 fully saturated rings. The van der Waals surface area contributed by atoms with Crippen molar-refractivity contribution in [3.63, 3.8) is 0 Å². The van der Waals surface area contributed by atoms with Gasteiger partial charge in [0.25, 0.3) is 0 Å². The van der Waals surface area contributed by atoms with Gasteiger partial charge in [-0.1, -0.05) is 46.6 Å². The lowest BCUT2D eigenvalue weighted by atomic mass is 9.85. The van der Waals surface area contributed by atoms with Crippen LogP contribution < -0.4 is 10.6 Å². The Morgan fingerprint density at radius 2 is 1.77 bits per heavy atom. The van der Waals surface area contributed by atoms with Crippen molar-refractivity contribution in [2.75, 3.05) is 20.1 Å². The molecule has 3 unspecified atom stereocenters. The van der Waals surface area contributed by atoms with E-state index in [2.05, 4.69) is 29.4 Å². The molecule has 0 spiro atoms. The average molecular weight is 495 g/mol. The highest BCUT2D eigenvalue weighted by molar-refractivity contribution is 5.95. The lowest BCUT2D eigenvalue weighted by Crippen LogP contribution is -2.59. The minimum absolute atomic E-state index is 0.123. The Labute approximate surface area is 210 Å². The van der Waals surface area contributed by atoms with Crippen LogP contribution in [0.15, 0.2) is 11.6 Å². The molecular formula is C26H46N4O5. The van der Waals surface area contributed by atoms with Crippen molar-refractivity contribution < 1.29 is 24.3 Å². The van der Waals surface area contributed by atoms with Gasteiger partial charge in [0.05, 0.1) is 6.04 Å². The molecule has 3 atom stereocenters. The van der Waals surface area contributed by atoms with Gasteiger partial charge >= 0.3 is 5.97 Å². The van der Waals surface area contributed by atoms with Crippen LogP contribution in [0.4, 0.5) is 0 Å². The van der Waals surface area contributed by atoms with Crippen LogP contribution in [-0.4, -0.2) is 82.9 Å². The predicted octanol–water partition coefficient (Wildman–Crippen LogP) is 2.55. The van der Waals surface area contributed by atoms with E-state index in [-0.39, 0.29) is 30.4 Å². The Balaban J connectivity index is 2.89. The van der Waals surface area contributed by atoms with Crippen LogP contribution in [-0.2, 0) is 19.2 Å². The molecule has 0 bridgehead atoms. The van der Waals surface area contributed by atoms with Crippen molar-refractivity contribution in [3.05, 3.63) is 11.6 Å². The quantitative estimate of drug-likeness (QED) is 0.380. The largest absolute Gasteiger partial charge is 0.480 e. The van der Waals surface area contributed by atoms with Gasteiger partial charge < -0.3 is 20.6 Å². The zero-order valence-electron chi connectivity index (χ0n) is 22.8. The lowest BCUT2D eigenvalue weighted by molar-refractivity contribution is -0.141. The van der Waals surface area contributed by atoms with Gasteiger partial charge in [-0.05, 0) is 52.0 Å². The number of likely N-dealkylation sites (N-methyl/N-ethyl adjacent to an activating group) is 1. The van der Waals surface area contributed by atoms with E-state index in [4.69, 9.17) is 0 Å². The van der Waals surface area contributed by atoms with Gasteiger partial charge in [0.2, 0.25) is 17.7 Å². The standard InChI is InChI=1S/C26H46N4O5/c1-9-12-19(25(34)35)27-22(31)18(4)14-16-29(8)24(33)21(26(5,6)7)28-23(32)20-13-10-11-15-30(20)17(2)3/h14,17,19-21H,9-13,15-16H2,1-8H3,(H,27,31)(H,28,32)(H,34,35)/b18-14+. The SMILES string of the molecule is CCCC(NC(=O)/C(C)=C/CN(C)C(=O)C(NC(=O)C1CCCCN1C(C)C)C(C)(C)C)C(=O)O. The van der Waals surface area contributed by atoms with Crippen LogP contribution >= 0.6 is 0 Å². The van der Waals surface area contributed by atoms with Gasteiger partial charge in [-0.2, -0.15) is 0 Å². The van der Waals surface area contributed by atoms with Crippen molar-refractivity contribution in [2.45, 2.75) is 105 Å². The number of hydrogen-bond acceptors (Lipinski definition) is 5. The molecule has 35 heavy (non-hydrogen) atoms. The molecule has 0 radical (unpaired) electrons. The first-order chi connectivity index (χ1) is 16.2. The second-order valence-electron chi connectivity index (χ2n) is 10.9. The van der Waals surface area contributed by atoms with Crippen LogP contribution in [0.25, 0.3) is 0 Å². The molecule has 1 aliphatic heterocycles. The highest BCUT2D eigenvalue weighted by Crippen LogP contribution is 2.24. The van der Waals surface area contributed by atoms with E-state index in [0.717, 1.165) is 25.8 Å². The molecule has 3 amide bonds. The number of likely N-dealkylation sites (tertiary alicyclic amines) is 1. The number of carboxylic acid groups (broad SMARTS) is 1. The fraction of sp³-hybridized carbons (Fsp3) is 0.769. The maximum Gasteiger partial charge on any atom is 0.326 e. The van der Waals surface area contributed by atoms with Gasteiger partial charge in [0.15, 0.2) is 0 Å². The number of nitrogens with zero attached hydrogens (tertiary/aromatic N) is 2. The van der Waals surface area contributed by atoms with Crippen molar-refractivity contribution >= 4 is 23.7 Å². The van der Waals surface area contributed by atoms with Crippen molar-refractivity contribution in [2.24, 2.45) is 5.41 Å². The molecule has 0 aromatic carbocycles. The highest BCUT2D eigenvalue weighted by Gasteiger charge is 2.38. The monoisotopic (exact) mass is 494 g/mol. The molecule has 9 heteroatoms. The number of nitrogens with one attached hydrogen (secondary N) is 2. The van der Waals surface area contributed by atoms with Gasteiger partial charge in [-0.15, -0.1) is 0 Å². The first kappa shape index (κ1) is 30.6. The Hall–Kier alpha value is -2.42. The van der Waals surface area contributed by atoms with Crippen LogP contribution in [0.1, 0.15) is 80.6 Å². The summed E-state index contributed by atoms with van der Waals surface area (Å²) in [5, 5.41) is 14.8. The summed E-state index contributed by atoms with van der Waals surface area (Å²) in [5.74, 6) is -1.91. The Kier molecular flexibility index (Phi) is 11.9. The van der Waals surface area contributed by atoms with Crippen molar-refractivity contribution in [1.82, 2.24) is 20.4 Å². The van der Waals surface area contributed by atoms with Gasteiger partial charge in [0.1, 0.15) is 12.1 Å². The summed E-state index contributed by atoms with van der Waals surface area (Å²) in [6.45, 7) is 14.4. The number of rotatable bonds is 11. The average Bonchev–Trinajstić information content (AvgIpc) is 2.78. The van der Waals surface area contributed by atoms with Crippen molar-refractivity contribution in [1.29, 1.82) is 0 Å². The third kappa shape index (κ3) is 9.28. The molecule has 3 N–H and O–H groups in total. The number of aliphatic carboxylic acids is 1. The van der Waals surface area contributed by atoms with Gasteiger partial charge in [-0.3, -0.25) is 19.3 Å². The van der Waals surface area contributed by atoms with Crippen LogP contribution in [0.5, 0.6) is 0 Å². The van der Waals surface area contributed by atoms with Gasteiger partial charge in [0, 0.05) is 25.2 Å². The molecular weight excluding hydrogens is 448 g/mol. The Morgan fingerprint density at radius 1 is 1.14 bits per heavy atom. The Bertz CT molecular complexity index is 787. The maximum absolute atomic E-state index is 13.3. The summed E-state index contributed by atoms with van der Waals surface area (Å²) in [5.41, 5.74) is -0.179. The van der Waals surface area contributed by atoms with E-state index < -0.39 is 29.4 Å². The second kappa shape index (κ2) is 13.6. The zero-order valence-corrected chi connectivity index (χ0v) is 22.8. The van der Waals surface area contributed by atoms with Crippen LogP contribution in [0, 0.1) is 5.41 Å². The molecule has 0 aromatic rings. The predicted molar refractivity (Wildman–Crippen MR) is 137 cm³/mol. The number of piperidine rings is 1. The second-order valence-corrected chi connectivity index (χ2v) is 10.9. The molecule has 9 nitrogen and oxygen atoms in total. The molecule has 1 heterocycles. The fourth-order valence-electron chi connectivity index (χ4n) is 4.24. The molecule has 1 rings (SSSR count). The first-order valence-corrected chi connectivity index (χ1v) is 12.7. The number of carbonyl (C=O) groups is 4. The maximum atomic E-state index is 13.3. The molecule has 1 aliphatic rings. The number of carboxylic acids is 1.